The molecule has 0 heterocycles. The van der Waals surface area contributed by atoms with Crippen LogP contribution in [0.1, 0.15) is 29.0 Å². The highest BCUT2D eigenvalue weighted by atomic mass is 19.4. The molecule has 2 aromatic rings. The van der Waals surface area contributed by atoms with E-state index in [2.05, 4.69) is 0 Å². The highest BCUT2D eigenvalue weighted by molar-refractivity contribution is 5.69. The van der Waals surface area contributed by atoms with E-state index < -0.39 is 23.6 Å². The van der Waals surface area contributed by atoms with E-state index >= 15 is 0 Å². The van der Waals surface area contributed by atoms with Gasteiger partial charge in [0.25, 0.3) is 0 Å². The monoisotopic (exact) mass is 294 g/mol. The predicted octanol–water partition coefficient (Wildman–Crippen LogP) is 4.31. The zero-order valence-corrected chi connectivity index (χ0v) is 11.0. The van der Waals surface area contributed by atoms with Gasteiger partial charge in [-0.2, -0.15) is 13.2 Å². The molecule has 0 aliphatic carbocycles. The molecule has 110 valence electrons. The standard InChI is InChI=1S/C16H13F3O2/c17-16(18,19)13-8-4-7-12(9-13)14(10-15(20)21)11-5-2-1-3-6-11/h1-9,14H,10H2,(H,20,21). The Bertz CT molecular complexity index is 621. The maximum Gasteiger partial charge on any atom is 0.416 e. The van der Waals surface area contributed by atoms with Crippen LogP contribution in [-0.4, -0.2) is 11.1 Å². The van der Waals surface area contributed by atoms with Crippen molar-refractivity contribution < 1.29 is 23.1 Å². The van der Waals surface area contributed by atoms with Gasteiger partial charge < -0.3 is 5.11 Å². The van der Waals surface area contributed by atoms with E-state index in [0.717, 1.165) is 12.1 Å². The zero-order chi connectivity index (χ0) is 15.5. The molecule has 0 spiro atoms. The molecule has 0 saturated carbocycles. The SMILES string of the molecule is O=C(O)CC(c1ccccc1)c1cccc(C(F)(F)F)c1. The number of benzene rings is 2. The van der Waals surface area contributed by atoms with Gasteiger partial charge in [0.05, 0.1) is 12.0 Å². The van der Waals surface area contributed by atoms with Gasteiger partial charge in [0, 0.05) is 5.92 Å². The van der Waals surface area contributed by atoms with Crippen LogP contribution in [0, 0.1) is 0 Å². The van der Waals surface area contributed by atoms with E-state index in [9.17, 15) is 18.0 Å². The van der Waals surface area contributed by atoms with Crippen LogP contribution < -0.4 is 0 Å². The minimum absolute atomic E-state index is 0.259. The lowest BCUT2D eigenvalue weighted by molar-refractivity contribution is -0.138. The Hall–Kier alpha value is -2.30. The molecule has 0 radical (unpaired) electrons. The molecule has 1 N–H and O–H groups in total. The molecule has 21 heavy (non-hydrogen) atoms. The van der Waals surface area contributed by atoms with Gasteiger partial charge in [-0.1, -0.05) is 48.5 Å². The fraction of sp³-hybridized carbons (Fsp3) is 0.188. The van der Waals surface area contributed by atoms with Gasteiger partial charge in [-0.3, -0.25) is 4.79 Å². The van der Waals surface area contributed by atoms with Crippen LogP contribution in [0.4, 0.5) is 13.2 Å². The number of carbonyl (C=O) groups is 1. The summed E-state index contributed by atoms with van der Waals surface area (Å²) in [6.45, 7) is 0. The van der Waals surface area contributed by atoms with Crippen molar-refractivity contribution in [3.8, 4) is 0 Å². The molecule has 0 bridgehead atoms. The topological polar surface area (TPSA) is 37.3 Å². The summed E-state index contributed by atoms with van der Waals surface area (Å²) < 4.78 is 38.3. The molecular weight excluding hydrogens is 281 g/mol. The molecule has 0 amide bonds. The van der Waals surface area contributed by atoms with Crippen molar-refractivity contribution in [2.75, 3.05) is 0 Å². The summed E-state index contributed by atoms with van der Waals surface area (Å²) in [4.78, 5) is 11.0. The summed E-state index contributed by atoms with van der Waals surface area (Å²) in [5, 5.41) is 9.01. The molecular formula is C16H13F3O2. The average molecular weight is 294 g/mol. The number of rotatable bonds is 4. The molecule has 2 rings (SSSR count). The summed E-state index contributed by atoms with van der Waals surface area (Å²) in [6, 6.07) is 13.5. The Morgan fingerprint density at radius 1 is 1.00 bits per heavy atom. The van der Waals surface area contributed by atoms with E-state index in [1.165, 1.54) is 12.1 Å². The predicted molar refractivity (Wildman–Crippen MR) is 72.0 cm³/mol. The highest BCUT2D eigenvalue weighted by Crippen LogP contribution is 2.34. The van der Waals surface area contributed by atoms with Crippen molar-refractivity contribution in [1.82, 2.24) is 0 Å². The third-order valence-electron chi connectivity index (χ3n) is 3.20. The van der Waals surface area contributed by atoms with Crippen LogP contribution in [0.2, 0.25) is 0 Å². The quantitative estimate of drug-likeness (QED) is 0.912. The first-order chi connectivity index (χ1) is 9.88. The molecule has 1 atom stereocenters. The molecule has 0 aliphatic heterocycles. The largest absolute Gasteiger partial charge is 0.481 e. The van der Waals surface area contributed by atoms with Crippen LogP contribution >= 0.6 is 0 Å². The smallest absolute Gasteiger partial charge is 0.416 e. The number of aliphatic carboxylic acids is 1. The van der Waals surface area contributed by atoms with E-state index in [1.54, 1.807) is 30.3 Å². The lowest BCUT2D eigenvalue weighted by atomic mass is 9.88. The third-order valence-corrected chi connectivity index (χ3v) is 3.20. The summed E-state index contributed by atoms with van der Waals surface area (Å²) in [5.74, 6) is -1.66. The van der Waals surface area contributed by atoms with Crippen LogP contribution in [0.5, 0.6) is 0 Å². The van der Waals surface area contributed by atoms with Gasteiger partial charge in [-0.25, -0.2) is 0 Å². The van der Waals surface area contributed by atoms with Gasteiger partial charge in [0.15, 0.2) is 0 Å². The maximum absolute atomic E-state index is 12.8. The zero-order valence-electron chi connectivity index (χ0n) is 11.0. The summed E-state index contributed by atoms with van der Waals surface area (Å²) in [5.41, 5.74) is 0.254. The number of carboxylic acid groups (broad SMARTS) is 1. The highest BCUT2D eigenvalue weighted by Gasteiger charge is 2.31. The van der Waals surface area contributed by atoms with Crippen molar-refractivity contribution in [2.45, 2.75) is 18.5 Å². The summed E-state index contributed by atoms with van der Waals surface area (Å²) >= 11 is 0. The Morgan fingerprint density at radius 3 is 2.19 bits per heavy atom. The Morgan fingerprint density at radius 2 is 1.62 bits per heavy atom. The second kappa shape index (κ2) is 5.99. The minimum atomic E-state index is -4.44. The molecule has 0 saturated heterocycles. The van der Waals surface area contributed by atoms with Crippen molar-refractivity contribution in [3.63, 3.8) is 0 Å². The summed E-state index contributed by atoms with van der Waals surface area (Å²) in [7, 11) is 0. The van der Waals surface area contributed by atoms with Crippen LogP contribution in [0.25, 0.3) is 0 Å². The van der Waals surface area contributed by atoms with Crippen LogP contribution in [0.3, 0.4) is 0 Å². The van der Waals surface area contributed by atoms with Gasteiger partial charge in [-0.15, -0.1) is 0 Å². The molecule has 2 nitrogen and oxygen atoms in total. The lowest BCUT2D eigenvalue weighted by Gasteiger charge is -2.17. The van der Waals surface area contributed by atoms with Gasteiger partial charge in [0.1, 0.15) is 0 Å². The first-order valence-corrected chi connectivity index (χ1v) is 6.32. The number of hydrogen-bond donors (Lipinski definition) is 1. The molecule has 2 aromatic carbocycles. The second-order valence-corrected chi connectivity index (χ2v) is 4.68. The van der Waals surface area contributed by atoms with E-state index in [4.69, 9.17) is 5.11 Å². The molecule has 0 aromatic heterocycles. The first kappa shape index (κ1) is 15.1. The fourth-order valence-electron chi connectivity index (χ4n) is 2.22. The molecule has 0 aliphatic rings. The Balaban J connectivity index is 2.45. The normalized spacial score (nSPS) is 12.9. The lowest BCUT2D eigenvalue weighted by Crippen LogP contribution is -2.10. The fourth-order valence-corrected chi connectivity index (χ4v) is 2.22. The third kappa shape index (κ3) is 3.84. The Labute approximate surface area is 119 Å². The maximum atomic E-state index is 12.8. The van der Waals surface area contributed by atoms with Gasteiger partial charge in [0.2, 0.25) is 0 Å². The van der Waals surface area contributed by atoms with E-state index in [-0.39, 0.29) is 6.42 Å². The number of halogens is 3. The summed E-state index contributed by atoms with van der Waals surface area (Å²) in [6.07, 6.45) is -4.70. The van der Waals surface area contributed by atoms with Crippen LogP contribution in [0.15, 0.2) is 54.6 Å². The van der Waals surface area contributed by atoms with E-state index in [0.29, 0.717) is 11.1 Å². The van der Waals surface area contributed by atoms with Crippen molar-refractivity contribution >= 4 is 5.97 Å². The second-order valence-electron chi connectivity index (χ2n) is 4.68. The molecule has 5 heteroatoms. The average Bonchev–Trinajstić information content (AvgIpc) is 2.45. The number of alkyl halides is 3. The van der Waals surface area contributed by atoms with Crippen LogP contribution in [-0.2, 0) is 11.0 Å². The number of hydrogen-bond acceptors (Lipinski definition) is 1. The first-order valence-electron chi connectivity index (χ1n) is 6.32. The van der Waals surface area contributed by atoms with Crippen molar-refractivity contribution in [3.05, 3.63) is 71.3 Å². The van der Waals surface area contributed by atoms with Gasteiger partial charge in [-0.05, 0) is 17.2 Å². The minimum Gasteiger partial charge on any atom is -0.481 e. The van der Waals surface area contributed by atoms with Crippen molar-refractivity contribution in [1.29, 1.82) is 0 Å². The Kier molecular flexibility index (Phi) is 4.31. The van der Waals surface area contributed by atoms with E-state index in [1.807, 2.05) is 0 Å². The van der Waals surface area contributed by atoms with Crippen molar-refractivity contribution in [2.24, 2.45) is 0 Å². The number of carboxylic acids is 1. The molecule has 1 unspecified atom stereocenters. The van der Waals surface area contributed by atoms with Gasteiger partial charge >= 0.3 is 12.1 Å². The molecule has 0 fully saturated rings.